The monoisotopic (exact) mass is 453 g/mol. The number of aryl methyl sites for hydroxylation is 2. The summed E-state index contributed by atoms with van der Waals surface area (Å²) in [5.41, 5.74) is 3.07. The Morgan fingerprint density at radius 2 is 1.94 bits per heavy atom. The number of amides is 1. The average Bonchev–Trinajstić information content (AvgIpc) is 3.32. The maximum absolute atomic E-state index is 13.7. The van der Waals surface area contributed by atoms with Gasteiger partial charge in [0.25, 0.3) is 5.56 Å². The number of carbonyl (C=O) groups is 1. The first-order chi connectivity index (χ1) is 15.3. The normalized spacial score (nSPS) is 11.3. The van der Waals surface area contributed by atoms with Gasteiger partial charge < -0.3 is 4.90 Å². The second-order valence-corrected chi connectivity index (χ2v) is 8.36. The maximum atomic E-state index is 13.7. The molecular weight excluding hydrogens is 429 g/mol. The zero-order valence-electron chi connectivity index (χ0n) is 18.4. The highest BCUT2D eigenvalue weighted by atomic mass is 32.1. The van der Waals surface area contributed by atoms with Crippen molar-refractivity contribution in [1.82, 2.24) is 24.1 Å². The van der Waals surface area contributed by atoms with Crippen LogP contribution in [-0.2, 0) is 11.2 Å². The van der Waals surface area contributed by atoms with Crippen LogP contribution in [0.1, 0.15) is 30.9 Å². The van der Waals surface area contributed by atoms with E-state index in [1.165, 1.54) is 27.9 Å². The van der Waals surface area contributed by atoms with E-state index in [2.05, 4.69) is 10.1 Å². The van der Waals surface area contributed by atoms with Gasteiger partial charge in [-0.1, -0.05) is 6.07 Å². The largest absolute Gasteiger partial charge is 0.343 e. The molecule has 0 radical (unpaired) electrons. The van der Waals surface area contributed by atoms with Gasteiger partial charge in [0.1, 0.15) is 11.5 Å². The van der Waals surface area contributed by atoms with Gasteiger partial charge in [-0.3, -0.25) is 14.0 Å². The Morgan fingerprint density at radius 1 is 1.19 bits per heavy atom. The van der Waals surface area contributed by atoms with Crippen molar-refractivity contribution in [3.8, 4) is 16.9 Å². The Labute approximate surface area is 188 Å². The van der Waals surface area contributed by atoms with Crippen molar-refractivity contribution in [3.05, 3.63) is 69.0 Å². The molecule has 4 aromatic rings. The number of likely N-dealkylation sites (N-methyl/N-ethyl adjacent to an activating group) is 1. The summed E-state index contributed by atoms with van der Waals surface area (Å²) >= 11 is 1.34. The minimum atomic E-state index is -0.362. The van der Waals surface area contributed by atoms with Crippen molar-refractivity contribution in [3.63, 3.8) is 0 Å². The Hall–Kier alpha value is -3.33. The second kappa shape index (κ2) is 8.66. The van der Waals surface area contributed by atoms with Crippen LogP contribution in [0.4, 0.5) is 4.39 Å². The van der Waals surface area contributed by atoms with E-state index in [4.69, 9.17) is 0 Å². The quantitative estimate of drug-likeness (QED) is 0.446. The van der Waals surface area contributed by atoms with Crippen LogP contribution < -0.4 is 5.56 Å². The Balaban J connectivity index is 1.82. The van der Waals surface area contributed by atoms with Gasteiger partial charge in [0.05, 0.1) is 23.4 Å². The van der Waals surface area contributed by atoms with Crippen molar-refractivity contribution in [2.45, 2.75) is 34.1 Å². The minimum absolute atomic E-state index is 0.0325. The lowest BCUT2D eigenvalue weighted by molar-refractivity contribution is -0.130. The Morgan fingerprint density at radius 3 is 2.62 bits per heavy atom. The van der Waals surface area contributed by atoms with Gasteiger partial charge in [0, 0.05) is 29.9 Å². The van der Waals surface area contributed by atoms with Crippen LogP contribution in [0.15, 0.2) is 40.5 Å². The van der Waals surface area contributed by atoms with Gasteiger partial charge in [-0.15, -0.1) is 11.3 Å². The van der Waals surface area contributed by atoms with E-state index in [9.17, 15) is 14.0 Å². The molecule has 0 fully saturated rings. The van der Waals surface area contributed by atoms with Crippen LogP contribution in [0, 0.1) is 19.7 Å². The molecule has 0 saturated carbocycles. The number of fused-ring (bicyclic) bond motifs is 1. The van der Waals surface area contributed by atoms with Crippen LogP contribution in [0.25, 0.3) is 21.9 Å². The van der Waals surface area contributed by atoms with Crippen molar-refractivity contribution < 1.29 is 9.18 Å². The topological polar surface area (TPSA) is 72.5 Å². The number of halogens is 1. The van der Waals surface area contributed by atoms with Crippen LogP contribution in [-0.4, -0.2) is 43.1 Å². The van der Waals surface area contributed by atoms with Gasteiger partial charge >= 0.3 is 0 Å². The summed E-state index contributed by atoms with van der Waals surface area (Å²) in [5, 5.41) is 6.38. The molecule has 1 aromatic carbocycles. The van der Waals surface area contributed by atoms with Crippen LogP contribution in [0.3, 0.4) is 0 Å². The van der Waals surface area contributed by atoms with Gasteiger partial charge in [0.2, 0.25) is 5.91 Å². The summed E-state index contributed by atoms with van der Waals surface area (Å²) in [5.74, 6) is -0.394. The molecule has 9 heteroatoms. The Bertz CT molecular complexity index is 1370. The van der Waals surface area contributed by atoms with Crippen molar-refractivity contribution in [2.24, 2.45) is 0 Å². The number of nitrogens with zero attached hydrogens (tertiary/aromatic N) is 5. The molecule has 7 nitrogen and oxygen atoms in total. The Kier molecular flexibility index (Phi) is 5.92. The van der Waals surface area contributed by atoms with Gasteiger partial charge in [-0.2, -0.15) is 5.10 Å². The summed E-state index contributed by atoms with van der Waals surface area (Å²) in [6, 6.07) is 7.92. The first kappa shape index (κ1) is 21.9. The first-order valence-corrected chi connectivity index (χ1v) is 11.3. The molecule has 0 atom stereocenters. The lowest BCUT2D eigenvalue weighted by Gasteiger charge is -2.18. The molecule has 3 heterocycles. The maximum Gasteiger partial charge on any atom is 0.268 e. The molecular formula is C23H24FN5O2S. The molecule has 4 rings (SSSR count). The molecule has 0 aliphatic rings. The number of hydrogen-bond donors (Lipinski definition) is 0. The predicted molar refractivity (Wildman–Crippen MR) is 123 cm³/mol. The van der Waals surface area contributed by atoms with Crippen LogP contribution in [0.2, 0.25) is 0 Å². The molecule has 1 amide bonds. The summed E-state index contributed by atoms with van der Waals surface area (Å²) in [6.07, 6.45) is 0.128. The molecule has 0 spiro atoms. The molecule has 0 bridgehead atoms. The molecule has 32 heavy (non-hydrogen) atoms. The standard InChI is InChI=1S/C23H24FN5O2S/c1-5-27(6-2)20(30)12-18-13-32-23-25-15(4)21(22(31)28(18)23)19-10-14(3)29(26-19)17-9-7-8-16(24)11-17/h7-11,13H,5-6,12H2,1-4H3. The molecule has 166 valence electrons. The zero-order valence-corrected chi connectivity index (χ0v) is 19.2. The third kappa shape index (κ3) is 3.84. The molecule has 0 saturated heterocycles. The van der Waals surface area contributed by atoms with Gasteiger partial charge in [-0.25, -0.2) is 14.1 Å². The smallest absolute Gasteiger partial charge is 0.268 e. The molecule has 0 aliphatic carbocycles. The number of carbonyl (C=O) groups excluding carboxylic acids is 1. The predicted octanol–water partition coefficient (Wildman–Crippen LogP) is 3.78. The second-order valence-electron chi connectivity index (χ2n) is 7.53. The third-order valence-electron chi connectivity index (χ3n) is 5.47. The summed E-state index contributed by atoms with van der Waals surface area (Å²) < 4.78 is 16.8. The molecule has 0 unspecified atom stereocenters. The van der Waals surface area contributed by atoms with E-state index in [0.717, 1.165) is 5.69 Å². The molecule has 0 N–H and O–H groups in total. The van der Waals surface area contributed by atoms with Crippen molar-refractivity contribution in [1.29, 1.82) is 0 Å². The molecule has 0 aliphatic heterocycles. The summed E-state index contributed by atoms with van der Waals surface area (Å²) in [6.45, 7) is 8.71. The van der Waals surface area contributed by atoms with Crippen LogP contribution >= 0.6 is 11.3 Å². The number of benzene rings is 1. The fourth-order valence-electron chi connectivity index (χ4n) is 3.83. The number of hydrogen-bond acceptors (Lipinski definition) is 5. The van der Waals surface area contributed by atoms with E-state index < -0.39 is 0 Å². The van der Waals surface area contributed by atoms with Crippen molar-refractivity contribution in [2.75, 3.05) is 13.1 Å². The van der Waals surface area contributed by atoms with E-state index in [-0.39, 0.29) is 23.7 Å². The summed E-state index contributed by atoms with van der Waals surface area (Å²) in [7, 11) is 0. The van der Waals surface area contributed by atoms with E-state index in [1.807, 2.05) is 26.2 Å². The van der Waals surface area contributed by atoms with E-state index in [0.29, 0.717) is 46.4 Å². The highest BCUT2D eigenvalue weighted by Crippen LogP contribution is 2.24. The van der Waals surface area contributed by atoms with Crippen LogP contribution in [0.5, 0.6) is 0 Å². The van der Waals surface area contributed by atoms with Gasteiger partial charge in [0.15, 0.2) is 4.96 Å². The van der Waals surface area contributed by atoms with Crippen molar-refractivity contribution >= 4 is 22.2 Å². The zero-order chi connectivity index (χ0) is 23.0. The highest BCUT2D eigenvalue weighted by molar-refractivity contribution is 7.15. The lowest BCUT2D eigenvalue weighted by Crippen LogP contribution is -2.32. The number of thiazole rings is 1. The minimum Gasteiger partial charge on any atom is -0.343 e. The molecule has 3 aromatic heterocycles. The lowest BCUT2D eigenvalue weighted by atomic mass is 10.1. The van der Waals surface area contributed by atoms with E-state index in [1.54, 1.807) is 34.7 Å². The fraction of sp³-hybridized carbons (Fsp3) is 0.304. The van der Waals surface area contributed by atoms with E-state index >= 15 is 0 Å². The number of rotatable bonds is 6. The number of aromatic nitrogens is 4. The third-order valence-corrected chi connectivity index (χ3v) is 6.34. The fourth-order valence-corrected chi connectivity index (χ4v) is 4.76. The SMILES string of the molecule is CCN(CC)C(=O)Cc1csc2nc(C)c(-c3cc(C)n(-c4cccc(F)c4)n3)c(=O)n12. The first-order valence-electron chi connectivity index (χ1n) is 10.4. The summed E-state index contributed by atoms with van der Waals surface area (Å²) in [4.78, 5) is 33.0. The van der Waals surface area contributed by atoms with Gasteiger partial charge in [-0.05, 0) is 52.0 Å². The highest BCUT2D eigenvalue weighted by Gasteiger charge is 2.21. The average molecular weight is 454 g/mol.